The zero-order chi connectivity index (χ0) is 39.5. The average Bonchev–Trinajstić information content (AvgIpc) is 3.36. The van der Waals surface area contributed by atoms with Crippen molar-refractivity contribution in [2.24, 2.45) is 11.8 Å². The molecule has 0 aliphatic heterocycles. The number of hydrogen-bond acceptors (Lipinski definition) is 10. The minimum absolute atomic E-state index is 0.0244. The Morgan fingerprint density at radius 1 is 0.811 bits per heavy atom. The molecule has 310 valence electrons. The van der Waals surface area contributed by atoms with Crippen molar-refractivity contribution in [1.82, 2.24) is 0 Å². The lowest BCUT2D eigenvalue weighted by molar-refractivity contribution is -0.870. The predicted molar refractivity (Wildman–Crippen MR) is 208 cm³/mol. The number of nitrogens with zero attached hydrogens (tertiary/aromatic N) is 1. The van der Waals surface area contributed by atoms with E-state index in [1.807, 2.05) is 21.1 Å². The van der Waals surface area contributed by atoms with Crippen LogP contribution in [0.15, 0.2) is 24.3 Å². The third kappa shape index (κ3) is 26.0. The molecule has 0 spiro atoms. The number of hydrogen-bond donors (Lipinski definition) is 4. The van der Waals surface area contributed by atoms with Gasteiger partial charge in [-0.25, -0.2) is 4.57 Å². The van der Waals surface area contributed by atoms with Crippen LogP contribution in [0, 0.1) is 11.8 Å². The number of likely N-dealkylation sites (N-methyl/N-ethyl adjacent to an activating group) is 1. The summed E-state index contributed by atoms with van der Waals surface area (Å²) in [4.78, 5) is 35.5. The van der Waals surface area contributed by atoms with E-state index in [4.69, 9.17) is 18.5 Å². The first-order valence-corrected chi connectivity index (χ1v) is 21.8. The van der Waals surface area contributed by atoms with Crippen LogP contribution in [0.5, 0.6) is 0 Å². The second-order valence-electron chi connectivity index (χ2n) is 15.7. The molecule has 12 nitrogen and oxygen atoms in total. The van der Waals surface area contributed by atoms with Crippen LogP contribution in [0.25, 0.3) is 0 Å². The van der Waals surface area contributed by atoms with E-state index in [0.29, 0.717) is 30.3 Å². The van der Waals surface area contributed by atoms with E-state index in [9.17, 15) is 34.4 Å². The SMILES string of the molecule is CCCCCCCCCCCCCC(=O)OC[C@H](COP(=O)(O)OCC[N+](C)(C)C)OC(=O)C/C=C\C[C@H]1[C@@H](/C=C/[C@H](O)CCCCC)[C@H](O)C[C@@H]1O. The molecule has 1 saturated carbocycles. The van der Waals surface area contributed by atoms with Crippen molar-refractivity contribution in [3.8, 4) is 0 Å². The molecule has 4 N–H and O–H groups in total. The van der Waals surface area contributed by atoms with Crippen LogP contribution in [0.1, 0.15) is 136 Å². The van der Waals surface area contributed by atoms with Crippen molar-refractivity contribution in [1.29, 1.82) is 0 Å². The molecule has 53 heavy (non-hydrogen) atoms. The topological polar surface area (TPSA) is 169 Å². The van der Waals surface area contributed by atoms with Crippen molar-refractivity contribution < 1.29 is 57.4 Å². The zero-order valence-electron chi connectivity index (χ0n) is 33.6. The first kappa shape index (κ1) is 49.4. The highest BCUT2D eigenvalue weighted by atomic mass is 31.2. The molecular weight excluding hydrogens is 701 g/mol. The number of carbonyl (C=O) groups excluding carboxylic acids is 2. The maximum Gasteiger partial charge on any atom is 0.472 e. The molecule has 0 bridgehead atoms. The van der Waals surface area contributed by atoms with Crippen molar-refractivity contribution in [2.75, 3.05) is 47.5 Å². The summed E-state index contributed by atoms with van der Waals surface area (Å²) in [7, 11) is 1.28. The van der Waals surface area contributed by atoms with Crippen LogP contribution in [-0.2, 0) is 32.7 Å². The first-order valence-electron chi connectivity index (χ1n) is 20.3. The molecule has 1 fully saturated rings. The van der Waals surface area contributed by atoms with Gasteiger partial charge in [-0.15, -0.1) is 0 Å². The van der Waals surface area contributed by atoms with Crippen molar-refractivity contribution in [3.05, 3.63) is 24.3 Å². The van der Waals surface area contributed by atoms with Crippen LogP contribution in [0.4, 0.5) is 0 Å². The lowest BCUT2D eigenvalue weighted by Crippen LogP contribution is -2.37. The second kappa shape index (κ2) is 28.7. The number of ether oxygens (including phenoxy) is 2. The van der Waals surface area contributed by atoms with Crippen LogP contribution >= 0.6 is 7.82 Å². The predicted octanol–water partition coefficient (Wildman–Crippen LogP) is 7.17. The molecule has 0 aromatic rings. The molecule has 0 aromatic carbocycles. The normalized spacial score (nSPS) is 21.6. The van der Waals surface area contributed by atoms with Gasteiger partial charge in [-0.3, -0.25) is 18.6 Å². The Labute approximate surface area is 320 Å². The fraction of sp³-hybridized carbons (Fsp3) is 0.850. The zero-order valence-corrected chi connectivity index (χ0v) is 34.5. The minimum atomic E-state index is -4.46. The Kier molecular flexibility index (Phi) is 26.8. The number of aliphatic hydroxyl groups is 3. The van der Waals surface area contributed by atoms with Gasteiger partial charge >= 0.3 is 19.8 Å². The number of quaternary nitrogens is 1. The van der Waals surface area contributed by atoms with E-state index in [1.165, 1.54) is 44.9 Å². The summed E-state index contributed by atoms with van der Waals surface area (Å²) in [5.41, 5.74) is 0. The van der Waals surface area contributed by atoms with Crippen LogP contribution in [0.2, 0.25) is 0 Å². The largest absolute Gasteiger partial charge is 0.472 e. The van der Waals surface area contributed by atoms with Crippen molar-refractivity contribution >= 4 is 19.8 Å². The minimum Gasteiger partial charge on any atom is -0.462 e. The monoisotopic (exact) mass is 777 g/mol. The van der Waals surface area contributed by atoms with Gasteiger partial charge in [0.05, 0.1) is 52.5 Å². The molecular formula is C40H75NO11P+. The number of phosphoric ester groups is 1. The Morgan fingerprint density at radius 2 is 1.42 bits per heavy atom. The van der Waals surface area contributed by atoms with Gasteiger partial charge in [0.25, 0.3) is 0 Å². The summed E-state index contributed by atoms with van der Waals surface area (Å²) in [5, 5.41) is 31.4. The fourth-order valence-corrected chi connectivity index (χ4v) is 7.02. The van der Waals surface area contributed by atoms with Gasteiger partial charge in [-0.1, -0.05) is 122 Å². The third-order valence-corrected chi connectivity index (χ3v) is 10.6. The third-order valence-electron chi connectivity index (χ3n) is 9.59. The van der Waals surface area contributed by atoms with Crippen LogP contribution in [-0.4, -0.2) is 109 Å². The number of phosphoric acid groups is 1. The molecule has 13 heteroatoms. The lowest BCUT2D eigenvalue weighted by Gasteiger charge is -2.24. The standard InChI is InChI=1S/C40H74NO11P/c1-6-8-10-11-12-13-14-15-16-17-19-24-39(45)49-31-34(32-51-53(47,48)50-29-28-41(3,4)5)52-40(46)25-21-20-23-35-36(38(44)30-37(35)43)27-26-33(42)22-18-9-7-2/h20-21,26-27,33-38,42-44H,6-19,22-25,28-32H2,1-5H3/p+1/b21-20-,27-26+/t33-,34-,35+,36-,37+,38-/m1/s1. The fourth-order valence-electron chi connectivity index (χ4n) is 6.28. The summed E-state index contributed by atoms with van der Waals surface area (Å²) in [6.07, 6.45) is 20.8. The lowest BCUT2D eigenvalue weighted by atomic mass is 9.89. The van der Waals surface area contributed by atoms with Crippen molar-refractivity contribution in [2.45, 2.75) is 160 Å². The number of rotatable bonds is 32. The van der Waals surface area contributed by atoms with Gasteiger partial charge in [0.1, 0.15) is 19.8 Å². The molecule has 0 saturated heterocycles. The number of unbranched alkanes of at least 4 members (excludes halogenated alkanes) is 12. The van der Waals surface area contributed by atoms with Crippen LogP contribution < -0.4 is 0 Å². The summed E-state index contributed by atoms with van der Waals surface area (Å²) in [6, 6.07) is 0. The maximum atomic E-state index is 12.8. The molecule has 1 rings (SSSR count). The highest BCUT2D eigenvalue weighted by molar-refractivity contribution is 7.47. The highest BCUT2D eigenvalue weighted by Crippen LogP contribution is 2.43. The average molecular weight is 777 g/mol. The number of aliphatic hydroxyl groups excluding tert-OH is 3. The molecule has 0 aromatic heterocycles. The molecule has 0 amide bonds. The Balaban J connectivity index is 2.63. The number of esters is 2. The van der Waals surface area contributed by atoms with Gasteiger partial charge in [-0.2, -0.15) is 0 Å². The van der Waals surface area contributed by atoms with Gasteiger partial charge in [-0.05, 0) is 25.2 Å². The van der Waals surface area contributed by atoms with Gasteiger partial charge in [0, 0.05) is 18.8 Å². The van der Waals surface area contributed by atoms with E-state index < -0.39 is 50.8 Å². The summed E-state index contributed by atoms with van der Waals surface area (Å²) < 4.78 is 34.1. The summed E-state index contributed by atoms with van der Waals surface area (Å²) >= 11 is 0. The highest BCUT2D eigenvalue weighted by Gasteiger charge is 2.39. The Bertz CT molecular complexity index is 1080. The van der Waals surface area contributed by atoms with Crippen LogP contribution in [0.3, 0.4) is 0 Å². The maximum absolute atomic E-state index is 12.8. The molecule has 1 aliphatic rings. The summed E-state index contributed by atoms with van der Waals surface area (Å²) in [5.74, 6) is -1.72. The van der Waals surface area contributed by atoms with E-state index in [0.717, 1.165) is 38.5 Å². The van der Waals surface area contributed by atoms with Gasteiger partial charge < -0.3 is 34.2 Å². The Morgan fingerprint density at radius 3 is 2.04 bits per heavy atom. The van der Waals surface area contributed by atoms with E-state index >= 15 is 0 Å². The molecule has 0 radical (unpaired) electrons. The van der Waals surface area contributed by atoms with E-state index in [2.05, 4.69) is 13.8 Å². The molecule has 1 aliphatic carbocycles. The molecule has 7 atom stereocenters. The summed E-state index contributed by atoms with van der Waals surface area (Å²) in [6.45, 7) is 3.91. The van der Waals surface area contributed by atoms with Gasteiger partial charge in [0.15, 0.2) is 6.10 Å². The van der Waals surface area contributed by atoms with Crippen molar-refractivity contribution in [3.63, 3.8) is 0 Å². The van der Waals surface area contributed by atoms with E-state index in [-0.39, 0.29) is 44.3 Å². The van der Waals surface area contributed by atoms with Gasteiger partial charge in [0.2, 0.25) is 0 Å². The molecule has 0 heterocycles. The van der Waals surface area contributed by atoms with E-state index in [1.54, 1.807) is 24.3 Å². The number of allylic oxidation sites excluding steroid dienone is 1. The molecule has 1 unspecified atom stereocenters. The second-order valence-corrected chi connectivity index (χ2v) is 17.1. The Hall–Kier alpha value is -1.63. The number of carbonyl (C=O) groups is 2. The quantitative estimate of drug-likeness (QED) is 0.0180. The smallest absolute Gasteiger partial charge is 0.462 e. The first-order chi connectivity index (χ1) is 25.2.